The number of methoxy groups -OCH3 is 2. The van der Waals surface area contributed by atoms with Gasteiger partial charge in [0.2, 0.25) is 0 Å². The van der Waals surface area contributed by atoms with E-state index in [0.29, 0.717) is 16.3 Å². The molecule has 0 spiro atoms. The van der Waals surface area contributed by atoms with Crippen molar-refractivity contribution < 1.29 is 24.5 Å². The van der Waals surface area contributed by atoms with Crippen molar-refractivity contribution in [2.45, 2.75) is 0 Å². The summed E-state index contributed by atoms with van der Waals surface area (Å²) in [5.41, 5.74) is 0.684. The van der Waals surface area contributed by atoms with Gasteiger partial charge in [-0.15, -0.1) is 0 Å². The van der Waals surface area contributed by atoms with Gasteiger partial charge < -0.3 is 19.7 Å². The molecule has 0 aliphatic heterocycles. The molecule has 0 bridgehead atoms. The summed E-state index contributed by atoms with van der Waals surface area (Å²) in [5, 5.41) is 21.4. The lowest BCUT2D eigenvalue weighted by Crippen LogP contribution is -2.02. The fourth-order valence-electron chi connectivity index (χ4n) is 2.89. The molecule has 0 unspecified atom stereocenters. The van der Waals surface area contributed by atoms with Crippen molar-refractivity contribution in [1.82, 2.24) is 0 Å². The zero-order valence-corrected chi connectivity index (χ0v) is 14.4. The maximum absolute atomic E-state index is 12.8. The summed E-state index contributed by atoms with van der Waals surface area (Å²) in [5.74, 6) is -0.104. The first-order valence-electron chi connectivity index (χ1n) is 7.94. The van der Waals surface area contributed by atoms with Crippen LogP contribution in [0.2, 0.25) is 0 Å². The molecule has 0 aliphatic carbocycles. The lowest BCUT2D eigenvalue weighted by Gasteiger charge is -2.16. The van der Waals surface area contributed by atoms with Gasteiger partial charge in [-0.2, -0.15) is 0 Å². The van der Waals surface area contributed by atoms with Crippen molar-refractivity contribution in [1.29, 1.82) is 0 Å². The summed E-state index contributed by atoms with van der Waals surface area (Å²) in [4.78, 5) is 12.8. The van der Waals surface area contributed by atoms with Gasteiger partial charge in [0, 0.05) is 10.8 Å². The molecule has 3 aromatic carbocycles. The molecule has 0 saturated carbocycles. The van der Waals surface area contributed by atoms with Crippen LogP contribution in [0.3, 0.4) is 0 Å². The number of hydrogen-bond acceptors (Lipinski definition) is 5. The van der Waals surface area contributed by atoms with Crippen LogP contribution < -0.4 is 9.47 Å². The van der Waals surface area contributed by atoms with Gasteiger partial charge in [0.1, 0.15) is 17.1 Å². The van der Waals surface area contributed by atoms with E-state index in [1.165, 1.54) is 26.4 Å². The number of aromatic hydroxyl groups is 2. The zero-order chi connectivity index (χ0) is 18.7. The quantitative estimate of drug-likeness (QED) is 0.534. The van der Waals surface area contributed by atoms with E-state index in [2.05, 4.69) is 0 Å². The monoisotopic (exact) mass is 350 g/mol. The molecule has 0 amide bonds. The number of phenolic OH excluding ortho intramolecular Hbond substituents is 2. The van der Waals surface area contributed by atoms with Crippen molar-refractivity contribution in [3.8, 4) is 23.0 Å². The summed E-state index contributed by atoms with van der Waals surface area (Å²) in [6.07, 6.45) is 2.88. The maximum Gasteiger partial charge on any atom is 0.193 e. The van der Waals surface area contributed by atoms with Crippen LogP contribution in [0, 0.1) is 0 Å². The van der Waals surface area contributed by atoms with E-state index in [-0.39, 0.29) is 28.6 Å². The number of phenols is 2. The van der Waals surface area contributed by atoms with Gasteiger partial charge in [0.05, 0.1) is 14.2 Å². The van der Waals surface area contributed by atoms with E-state index in [1.54, 1.807) is 36.4 Å². The molecule has 0 radical (unpaired) electrons. The van der Waals surface area contributed by atoms with Gasteiger partial charge in [-0.1, -0.05) is 42.5 Å². The molecule has 0 fully saturated rings. The first-order chi connectivity index (χ1) is 12.6. The molecular formula is C21H18O5. The molecule has 3 aromatic rings. The second-order valence-corrected chi connectivity index (χ2v) is 5.63. The van der Waals surface area contributed by atoms with E-state index in [4.69, 9.17) is 9.47 Å². The molecule has 2 N–H and O–H groups in total. The Balaban J connectivity index is 2.14. The summed E-state index contributed by atoms with van der Waals surface area (Å²) in [7, 11) is 2.88. The molecule has 0 aromatic heterocycles. The van der Waals surface area contributed by atoms with Crippen molar-refractivity contribution in [2.75, 3.05) is 14.2 Å². The number of carbonyl (C=O) groups is 1. The molecule has 0 aliphatic rings. The Hall–Kier alpha value is -3.47. The lowest BCUT2D eigenvalue weighted by molar-refractivity contribution is 0.104. The Kier molecular flexibility index (Phi) is 4.80. The first-order valence-corrected chi connectivity index (χ1v) is 7.94. The Morgan fingerprint density at radius 1 is 0.923 bits per heavy atom. The molecule has 0 atom stereocenters. The smallest absolute Gasteiger partial charge is 0.193 e. The molecule has 5 heteroatoms. The minimum atomic E-state index is -0.438. The van der Waals surface area contributed by atoms with Gasteiger partial charge in [-0.25, -0.2) is 0 Å². The molecule has 0 saturated heterocycles. The number of rotatable bonds is 5. The molecule has 3 rings (SSSR count). The summed E-state index contributed by atoms with van der Waals surface area (Å²) in [6, 6.07) is 13.7. The number of fused-ring (bicyclic) bond motifs is 1. The van der Waals surface area contributed by atoms with Crippen LogP contribution in [0.25, 0.3) is 16.8 Å². The third-order valence-corrected chi connectivity index (χ3v) is 4.05. The van der Waals surface area contributed by atoms with Gasteiger partial charge in [0.25, 0.3) is 0 Å². The number of benzene rings is 3. The summed E-state index contributed by atoms with van der Waals surface area (Å²) >= 11 is 0. The Morgan fingerprint density at radius 3 is 2.19 bits per heavy atom. The molecular weight excluding hydrogens is 332 g/mol. The SMILES string of the molecule is COc1c(O)c(C(=O)/C=C/c2cccc(O)c2)c(OC)c2ccccc12. The second-order valence-electron chi connectivity index (χ2n) is 5.63. The Bertz CT molecular complexity index is 1000. The normalized spacial score (nSPS) is 11.0. The van der Waals surface area contributed by atoms with Crippen molar-refractivity contribution in [3.63, 3.8) is 0 Å². The molecule has 0 heterocycles. The van der Waals surface area contributed by atoms with Gasteiger partial charge in [-0.3, -0.25) is 4.79 Å². The minimum Gasteiger partial charge on any atom is -0.508 e. The van der Waals surface area contributed by atoms with Crippen molar-refractivity contribution in [3.05, 3.63) is 65.7 Å². The van der Waals surface area contributed by atoms with E-state index in [0.717, 1.165) is 0 Å². The van der Waals surface area contributed by atoms with Crippen molar-refractivity contribution in [2.24, 2.45) is 0 Å². The lowest BCUT2D eigenvalue weighted by atomic mass is 9.99. The standard InChI is InChI=1S/C21H18O5/c1-25-20-15-8-3-4-9-16(15)21(26-2)19(24)18(20)17(23)11-10-13-6-5-7-14(22)12-13/h3-12,22,24H,1-2H3/b11-10+. The topological polar surface area (TPSA) is 76.0 Å². The fourth-order valence-corrected chi connectivity index (χ4v) is 2.89. The number of ketones is 1. The summed E-state index contributed by atoms with van der Waals surface area (Å²) < 4.78 is 10.7. The van der Waals surface area contributed by atoms with Crippen LogP contribution in [-0.4, -0.2) is 30.2 Å². The molecule has 26 heavy (non-hydrogen) atoms. The summed E-state index contributed by atoms with van der Waals surface area (Å²) in [6.45, 7) is 0. The largest absolute Gasteiger partial charge is 0.508 e. The average Bonchev–Trinajstić information content (AvgIpc) is 2.65. The van der Waals surface area contributed by atoms with Crippen molar-refractivity contribution >= 4 is 22.6 Å². The third kappa shape index (κ3) is 3.07. The van der Waals surface area contributed by atoms with E-state index >= 15 is 0 Å². The second kappa shape index (κ2) is 7.19. The molecule has 5 nitrogen and oxygen atoms in total. The van der Waals surface area contributed by atoms with Gasteiger partial charge >= 0.3 is 0 Å². The van der Waals surface area contributed by atoms with Gasteiger partial charge in [-0.05, 0) is 23.8 Å². The highest BCUT2D eigenvalue weighted by Gasteiger charge is 2.24. The predicted octanol–water partition coefficient (Wildman–Crippen LogP) is 4.16. The van der Waals surface area contributed by atoms with Crippen LogP contribution in [0.15, 0.2) is 54.6 Å². The highest BCUT2D eigenvalue weighted by molar-refractivity contribution is 6.15. The Labute approximate surface area is 150 Å². The zero-order valence-electron chi connectivity index (χ0n) is 14.4. The van der Waals surface area contributed by atoms with Crippen LogP contribution >= 0.6 is 0 Å². The molecule has 132 valence electrons. The number of ether oxygens (including phenoxy) is 2. The van der Waals surface area contributed by atoms with E-state index < -0.39 is 5.78 Å². The van der Waals surface area contributed by atoms with E-state index in [1.807, 2.05) is 12.1 Å². The highest BCUT2D eigenvalue weighted by Crippen LogP contribution is 2.45. The van der Waals surface area contributed by atoms with Crippen LogP contribution in [0.5, 0.6) is 23.0 Å². The minimum absolute atomic E-state index is 0.0273. The van der Waals surface area contributed by atoms with Gasteiger partial charge in [0.15, 0.2) is 17.3 Å². The Morgan fingerprint density at radius 2 is 1.58 bits per heavy atom. The number of hydrogen-bond donors (Lipinski definition) is 2. The van der Waals surface area contributed by atoms with Crippen LogP contribution in [0.1, 0.15) is 15.9 Å². The highest BCUT2D eigenvalue weighted by atomic mass is 16.5. The first kappa shape index (κ1) is 17.4. The predicted molar refractivity (Wildman–Crippen MR) is 100 cm³/mol. The number of allylic oxidation sites excluding steroid dienone is 1. The van der Waals surface area contributed by atoms with Crippen LogP contribution in [-0.2, 0) is 0 Å². The maximum atomic E-state index is 12.8. The third-order valence-electron chi connectivity index (χ3n) is 4.05. The number of carbonyl (C=O) groups excluding carboxylic acids is 1. The fraction of sp³-hybridized carbons (Fsp3) is 0.0952. The average molecular weight is 350 g/mol. The van der Waals surface area contributed by atoms with E-state index in [9.17, 15) is 15.0 Å². The van der Waals surface area contributed by atoms with Crippen LogP contribution in [0.4, 0.5) is 0 Å².